The molecular formula is C13H28N4O3S. The van der Waals surface area contributed by atoms with Gasteiger partial charge in [0.05, 0.1) is 0 Å². The standard InChI is InChI=1S/C13H28N4O3S/c1-11(2)15-7-3-6-13(18)17-8-4-5-12(10-17)9-16-21(14,19)20/h11-12,15-16H,3-10H2,1-2H3,(H2,14,19,20). The number of rotatable bonds is 8. The van der Waals surface area contributed by atoms with E-state index in [1.54, 1.807) is 0 Å². The van der Waals surface area contributed by atoms with Crippen molar-refractivity contribution in [3.05, 3.63) is 0 Å². The summed E-state index contributed by atoms with van der Waals surface area (Å²) in [6.07, 6.45) is 3.19. The first kappa shape index (κ1) is 18.3. The van der Waals surface area contributed by atoms with Gasteiger partial charge in [-0.2, -0.15) is 8.42 Å². The van der Waals surface area contributed by atoms with E-state index in [2.05, 4.69) is 23.9 Å². The van der Waals surface area contributed by atoms with Gasteiger partial charge in [-0.05, 0) is 31.7 Å². The topological polar surface area (TPSA) is 105 Å². The van der Waals surface area contributed by atoms with Crippen LogP contribution in [-0.2, 0) is 15.0 Å². The van der Waals surface area contributed by atoms with Gasteiger partial charge in [0.15, 0.2) is 0 Å². The zero-order chi connectivity index (χ0) is 15.9. The maximum Gasteiger partial charge on any atom is 0.274 e. The smallest absolute Gasteiger partial charge is 0.274 e. The van der Waals surface area contributed by atoms with Crippen LogP contribution in [0.1, 0.15) is 39.5 Å². The second-order valence-corrected chi connectivity index (χ2v) is 7.33. The number of nitrogens with one attached hydrogen (secondary N) is 2. The molecule has 8 heteroatoms. The summed E-state index contributed by atoms with van der Waals surface area (Å²) in [5.41, 5.74) is 0. The molecule has 0 spiro atoms. The fourth-order valence-corrected chi connectivity index (χ4v) is 2.95. The molecule has 4 N–H and O–H groups in total. The third kappa shape index (κ3) is 8.35. The van der Waals surface area contributed by atoms with Crippen molar-refractivity contribution in [2.75, 3.05) is 26.2 Å². The number of carbonyl (C=O) groups excluding carboxylic acids is 1. The van der Waals surface area contributed by atoms with Gasteiger partial charge in [0.25, 0.3) is 10.2 Å². The molecular weight excluding hydrogens is 292 g/mol. The first-order chi connectivity index (χ1) is 9.78. The minimum Gasteiger partial charge on any atom is -0.342 e. The molecule has 21 heavy (non-hydrogen) atoms. The monoisotopic (exact) mass is 320 g/mol. The van der Waals surface area contributed by atoms with Gasteiger partial charge in [0.2, 0.25) is 5.91 Å². The molecule has 7 nitrogen and oxygen atoms in total. The molecule has 1 aliphatic rings. The van der Waals surface area contributed by atoms with Crippen LogP contribution < -0.4 is 15.2 Å². The summed E-state index contributed by atoms with van der Waals surface area (Å²) in [4.78, 5) is 14.0. The van der Waals surface area contributed by atoms with E-state index in [0.717, 1.165) is 32.4 Å². The quantitative estimate of drug-likeness (QED) is 0.539. The number of hydrogen-bond acceptors (Lipinski definition) is 4. The lowest BCUT2D eigenvalue weighted by Crippen LogP contribution is -2.44. The van der Waals surface area contributed by atoms with Crippen molar-refractivity contribution >= 4 is 16.1 Å². The number of amides is 1. The zero-order valence-corrected chi connectivity index (χ0v) is 13.8. The third-order valence-electron chi connectivity index (χ3n) is 3.56. The summed E-state index contributed by atoms with van der Waals surface area (Å²) in [5.74, 6) is 0.302. The van der Waals surface area contributed by atoms with E-state index in [-0.39, 0.29) is 11.8 Å². The lowest BCUT2D eigenvalue weighted by atomic mass is 9.98. The maximum atomic E-state index is 12.1. The molecule has 1 heterocycles. The van der Waals surface area contributed by atoms with Gasteiger partial charge in [-0.15, -0.1) is 0 Å². The Balaban J connectivity index is 2.29. The lowest BCUT2D eigenvalue weighted by Gasteiger charge is -2.32. The Morgan fingerprint density at radius 1 is 1.43 bits per heavy atom. The average molecular weight is 320 g/mol. The highest BCUT2D eigenvalue weighted by Crippen LogP contribution is 2.17. The van der Waals surface area contributed by atoms with Crippen LogP contribution in [0, 0.1) is 5.92 Å². The summed E-state index contributed by atoms with van der Waals surface area (Å²) >= 11 is 0. The zero-order valence-electron chi connectivity index (χ0n) is 13.0. The fourth-order valence-electron chi connectivity index (χ4n) is 2.48. The Kier molecular flexibility index (Phi) is 7.58. The SMILES string of the molecule is CC(C)NCCCC(=O)N1CCCC(CNS(N)(=O)=O)C1. The molecule has 0 saturated carbocycles. The molecule has 124 valence electrons. The van der Waals surface area contributed by atoms with Crippen molar-refractivity contribution in [3.8, 4) is 0 Å². The molecule has 0 radical (unpaired) electrons. The molecule has 1 rings (SSSR count). The van der Waals surface area contributed by atoms with Crippen LogP contribution in [0.15, 0.2) is 0 Å². The van der Waals surface area contributed by atoms with E-state index in [4.69, 9.17) is 5.14 Å². The van der Waals surface area contributed by atoms with Crippen molar-refractivity contribution in [1.82, 2.24) is 14.9 Å². The predicted molar refractivity (Wildman–Crippen MR) is 82.8 cm³/mol. The molecule has 0 aromatic carbocycles. The van der Waals surface area contributed by atoms with E-state index in [1.165, 1.54) is 0 Å². The van der Waals surface area contributed by atoms with Crippen molar-refractivity contribution in [2.45, 2.75) is 45.6 Å². The van der Waals surface area contributed by atoms with Crippen LogP contribution in [0.5, 0.6) is 0 Å². The van der Waals surface area contributed by atoms with E-state index >= 15 is 0 Å². The van der Waals surface area contributed by atoms with Crippen LogP contribution >= 0.6 is 0 Å². The van der Waals surface area contributed by atoms with E-state index in [0.29, 0.717) is 25.6 Å². The molecule has 0 aromatic rings. The Morgan fingerprint density at radius 3 is 2.76 bits per heavy atom. The van der Waals surface area contributed by atoms with Crippen molar-refractivity contribution < 1.29 is 13.2 Å². The molecule has 0 bridgehead atoms. The Labute approximate surface area is 127 Å². The van der Waals surface area contributed by atoms with Crippen LogP contribution in [0.25, 0.3) is 0 Å². The Morgan fingerprint density at radius 2 is 2.14 bits per heavy atom. The molecule has 1 saturated heterocycles. The lowest BCUT2D eigenvalue weighted by molar-refractivity contribution is -0.133. The number of piperidine rings is 1. The van der Waals surface area contributed by atoms with Gasteiger partial charge in [-0.3, -0.25) is 4.79 Å². The first-order valence-corrected chi connectivity index (χ1v) is 9.11. The largest absolute Gasteiger partial charge is 0.342 e. The fraction of sp³-hybridized carbons (Fsp3) is 0.923. The normalized spacial score (nSPS) is 20.0. The summed E-state index contributed by atoms with van der Waals surface area (Å²) in [6.45, 7) is 6.68. The van der Waals surface area contributed by atoms with Gasteiger partial charge in [0, 0.05) is 32.1 Å². The molecule has 1 atom stereocenters. The summed E-state index contributed by atoms with van der Waals surface area (Å²) in [6, 6.07) is 0.434. The maximum absolute atomic E-state index is 12.1. The highest BCUT2D eigenvalue weighted by atomic mass is 32.2. The minimum absolute atomic E-state index is 0.148. The number of likely N-dealkylation sites (tertiary alicyclic amines) is 1. The number of hydrogen-bond donors (Lipinski definition) is 3. The summed E-state index contributed by atoms with van der Waals surface area (Å²) < 4.78 is 24.1. The van der Waals surface area contributed by atoms with E-state index in [1.807, 2.05) is 4.90 Å². The van der Waals surface area contributed by atoms with Crippen LogP contribution in [0.3, 0.4) is 0 Å². The number of nitrogens with two attached hydrogens (primary N) is 1. The average Bonchev–Trinajstić information content (AvgIpc) is 2.40. The second kappa shape index (κ2) is 8.67. The minimum atomic E-state index is -3.65. The van der Waals surface area contributed by atoms with E-state index < -0.39 is 10.2 Å². The van der Waals surface area contributed by atoms with Crippen molar-refractivity contribution in [2.24, 2.45) is 11.1 Å². The molecule has 1 amide bonds. The van der Waals surface area contributed by atoms with Gasteiger partial charge >= 0.3 is 0 Å². The Hall–Kier alpha value is -0.700. The first-order valence-electron chi connectivity index (χ1n) is 7.56. The second-order valence-electron chi connectivity index (χ2n) is 5.95. The summed E-state index contributed by atoms with van der Waals surface area (Å²) in [7, 11) is -3.65. The van der Waals surface area contributed by atoms with Crippen LogP contribution in [0.4, 0.5) is 0 Å². The third-order valence-corrected chi connectivity index (χ3v) is 4.13. The molecule has 1 unspecified atom stereocenters. The Bertz CT molecular complexity index is 425. The van der Waals surface area contributed by atoms with Gasteiger partial charge < -0.3 is 10.2 Å². The van der Waals surface area contributed by atoms with Crippen LogP contribution in [-0.4, -0.2) is 51.4 Å². The van der Waals surface area contributed by atoms with E-state index in [9.17, 15) is 13.2 Å². The molecule has 1 fully saturated rings. The summed E-state index contributed by atoms with van der Waals surface area (Å²) in [5, 5.41) is 8.21. The molecule has 0 aromatic heterocycles. The van der Waals surface area contributed by atoms with Crippen molar-refractivity contribution in [3.63, 3.8) is 0 Å². The highest BCUT2D eigenvalue weighted by Gasteiger charge is 2.23. The van der Waals surface area contributed by atoms with Gasteiger partial charge in [-0.1, -0.05) is 13.8 Å². The van der Waals surface area contributed by atoms with Gasteiger partial charge in [-0.25, -0.2) is 9.86 Å². The van der Waals surface area contributed by atoms with Crippen molar-refractivity contribution in [1.29, 1.82) is 0 Å². The van der Waals surface area contributed by atoms with Gasteiger partial charge in [0.1, 0.15) is 0 Å². The highest BCUT2D eigenvalue weighted by molar-refractivity contribution is 7.87. The number of carbonyl (C=O) groups is 1. The predicted octanol–water partition coefficient (Wildman–Crippen LogP) is -0.204. The molecule has 0 aliphatic carbocycles. The number of nitrogens with zero attached hydrogens (tertiary/aromatic N) is 1. The van der Waals surface area contributed by atoms with Crippen LogP contribution in [0.2, 0.25) is 0 Å². The molecule has 1 aliphatic heterocycles.